The number of ether oxygens (including phenoxy) is 1. The minimum Gasteiger partial charge on any atom is -0.469 e. The summed E-state index contributed by atoms with van der Waals surface area (Å²) in [5, 5.41) is 5.25. The largest absolute Gasteiger partial charge is 0.469 e. The number of carbonyl (C=O) groups is 2. The van der Waals surface area contributed by atoms with Crippen LogP contribution in [0.25, 0.3) is 10.8 Å². The van der Waals surface area contributed by atoms with E-state index in [4.69, 9.17) is 0 Å². The lowest BCUT2D eigenvalue weighted by atomic mass is 10.00. The molecule has 3 rings (SSSR count). The molecule has 0 saturated heterocycles. The van der Waals surface area contributed by atoms with Crippen LogP contribution < -0.4 is 5.32 Å². The van der Waals surface area contributed by atoms with Gasteiger partial charge in [0, 0.05) is 12.5 Å². The van der Waals surface area contributed by atoms with E-state index in [0.717, 1.165) is 6.42 Å². The summed E-state index contributed by atoms with van der Waals surface area (Å²) in [6.45, 7) is 0.338. The zero-order valence-electron chi connectivity index (χ0n) is 12.5. The van der Waals surface area contributed by atoms with E-state index in [0.29, 0.717) is 6.54 Å². The number of amides is 1. The van der Waals surface area contributed by atoms with Crippen LogP contribution in [0.4, 0.5) is 0 Å². The monoisotopic (exact) mass is 297 g/mol. The molecule has 2 aromatic carbocycles. The maximum Gasteiger partial charge on any atom is 0.307 e. The van der Waals surface area contributed by atoms with Gasteiger partial charge in [-0.05, 0) is 28.7 Å². The zero-order valence-corrected chi connectivity index (χ0v) is 12.5. The summed E-state index contributed by atoms with van der Waals surface area (Å²) >= 11 is 0. The van der Waals surface area contributed by atoms with Crippen molar-refractivity contribution in [1.29, 1.82) is 0 Å². The van der Waals surface area contributed by atoms with Crippen molar-refractivity contribution in [2.24, 2.45) is 5.92 Å². The lowest BCUT2D eigenvalue weighted by Crippen LogP contribution is -2.28. The van der Waals surface area contributed by atoms with Gasteiger partial charge in [0.2, 0.25) is 5.91 Å². The van der Waals surface area contributed by atoms with E-state index in [2.05, 4.69) is 34.3 Å². The second-order valence-corrected chi connectivity index (χ2v) is 5.63. The first-order valence-electron chi connectivity index (χ1n) is 7.53. The number of rotatable bonds is 5. The Bertz CT molecular complexity index is 705. The number of hydrogen-bond acceptors (Lipinski definition) is 3. The van der Waals surface area contributed by atoms with Crippen molar-refractivity contribution in [3.05, 3.63) is 48.0 Å². The summed E-state index contributed by atoms with van der Waals surface area (Å²) in [6.07, 6.45) is 1.09. The molecule has 0 bridgehead atoms. The summed E-state index contributed by atoms with van der Waals surface area (Å²) in [5.41, 5.74) is 1.24. The van der Waals surface area contributed by atoms with Crippen LogP contribution in [0.3, 0.4) is 0 Å². The van der Waals surface area contributed by atoms with Gasteiger partial charge in [0.05, 0.1) is 13.5 Å². The smallest absolute Gasteiger partial charge is 0.307 e. The third-order valence-corrected chi connectivity index (χ3v) is 4.21. The second kappa shape index (κ2) is 6.18. The highest BCUT2D eigenvalue weighted by molar-refractivity contribution is 5.89. The normalized spacial score (nSPS) is 19.7. The Balaban J connectivity index is 1.63. The second-order valence-electron chi connectivity index (χ2n) is 5.63. The fraction of sp³-hybridized carbons (Fsp3) is 0.333. The first kappa shape index (κ1) is 14.6. The Morgan fingerprint density at radius 2 is 1.95 bits per heavy atom. The number of esters is 1. The third-order valence-electron chi connectivity index (χ3n) is 4.21. The Labute approximate surface area is 129 Å². The molecule has 22 heavy (non-hydrogen) atoms. The molecule has 1 amide bonds. The highest BCUT2D eigenvalue weighted by Gasteiger charge is 2.44. The number of benzene rings is 2. The molecule has 0 radical (unpaired) electrons. The van der Waals surface area contributed by atoms with Gasteiger partial charge in [0.1, 0.15) is 0 Å². The summed E-state index contributed by atoms with van der Waals surface area (Å²) in [4.78, 5) is 23.2. The van der Waals surface area contributed by atoms with Gasteiger partial charge >= 0.3 is 5.97 Å². The topological polar surface area (TPSA) is 55.4 Å². The average Bonchev–Trinajstić information content (AvgIpc) is 3.34. The molecule has 0 unspecified atom stereocenters. The average molecular weight is 297 g/mol. The van der Waals surface area contributed by atoms with Gasteiger partial charge in [0.25, 0.3) is 0 Å². The van der Waals surface area contributed by atoms with Crippen molar-refractivity contribution in [3.8, 4) is 0 Å². The Kier molecular flexibility index (Phi) is 4.09. The van der Waals surface area contributed by atoms with E-state index in [-0.39, 0.29) is 30.1 Å². The molecule has 1 aliphatic carbocycles. The molecule has 0 heterocycles. The summed E-state index contributed by atoms with van der Waals surface area (Å²) in [6, 6.07) is 14.5. The van der Waals surface area contributed by atoms with Crippen molar-refractivity contribution in [2.45, 2.75) is 18.8 Å². The third kappa shape index (κ3) is 2.96. The first-order chi connectivity index (χ1) is 10.7. The molecule has 0 spiro atoms. The van der Waals surface area contributed by atoms with Crippen LogP contribution in [-0.2, 0) is 14.3 Å². The van der Waals surface area contributed by atoms with E-state index in [1.807, 2.05) is 18.2 Å². The summed E-state index contributed by atoms with van der Waals surface area (Å²) in [7, 11) is 1.35. The fourth-order valence-corrected chi connectivity index (χ4v) is 2.92. The molecule has 1 aliphatic rings. The lowest BCUT2D eigenvalue weighted by molar-refractivity contribution is -0.140. The van der Waals surface area contributed by atoms with E-state index in [1.54, 1.807) is 0 Å². The molecule has 0 aliphatic heterocycles. The van der Waals surface area contributed by atoms with Crippen molar-refractivity contribution >= 4 is 22.6 Å². The number of methoxy groups -OCH3 is 1. The van der Waals surface area contributed by atoms with Crippen molar-refractivity contribution in [3.63, 3.8) is 0 Å². The predicted octanol–water partition coefficient (Wildman–Crippen LogP) is 2.62. The summed E-state index contributed by atoms with van der Waals surface area (Å²) < 4.78 is 4.56. The van der Waals surface area contributed by atoms with Crippen LogP contribution in [0.15, 0.2) is 42.5 Å². The van der Waals surface area contributed by atoms with Crippen molar-refractivity contribution < 1.29 is 14.3 Å². The molecule has 2 atom stereocenters. The highest BCUT2D eigenvalue weighted by Crippen LogP contribution is 2.49. The van der Waals surface area contributed by atoms with E-state index in [1.165, 1.54) is 23.4 Å². The standard InChI is InChI=1S/C18H19NO3/c1-22-17(20)9-10-19-18(21)16-11-15(16)14-8-4-6-12-5-2-3-7-13(12)14/h2-8,15-16H,9-11H2,1H3,(H,19,21)/t15-,16+/m1/s1. The number of carbonyl (C=O) groups excluding carboxylic acids is 2. The van der Waals surface area contributed by atoms with Gasteiger partial charge in [-0.1, -0.05) is 42.5 Å². The van der Waals surface area contributed by atoms with E-state index in [9.17, 15) is 9.59 Å². The Morgan fingerprint density at radius 3 is 2.77 bits per heavy atom. The molecule has 1 fully saturated rings. The number of nitrogens with one attached hydrogen (secondary N) is 1. The zero-order chi connectivity index (χ0) is 15.5. The molecule has 1 saturated carbocycles. The molecule has 4 nitrogen and oxygen atoms in total. The van der Waals surface area contributed by atoms with Gasteiger partial charge in [-0.3, -0.25) is 9.59 Å². The van der Waals surface area contributed by atoms with Crippen LogP contribution in [0.5, 0.6) is 0 Å². The lowest BCUT2D eigenvalue weighted by Gasteiger charge is -2.07. The van der Waals surface area contributed by atoms with Crippen LogP contribution in [0.2, 0.25) is 0 Å². The molecular formula is C18H19NO3. The van der Waals surface area contributed by atoms with Crippen molar-refractivity contribution in [1.82, 2.24) is 5.32 Å². The minimum absolute atomic E-state index is 0.0171. The molecule has 0 aromatic heterocycles. The summed E-state index contributed by atoms with van der Waals surface area (Å²) in [5.74, 6) is 0.0243. The quantitative estimate of drug-likeness (QED) is 0.863. The van der Waals surface area contributed by atoms with E-state index >= 15 is 0 Å². The highest BCUT2D eigenvalue weighted by atomic mass is 16.5. The predicted molar refractivity (Wildman–Crippen MR) is 84.4 cm³/mol. The first-order valence-corrected chi connectivity index (χ1v) is 7.53. The number of hydrogen-bond donors (Lipinski definition) is 1. The van der Waals surface area contributed by atoms with Crippen LogP contribution >= 0.6 is 0 Å². The van der Waals surface area contributed by atoms with Gasteiger partial charge < -0.3 is 10.1 Å². The number of fused-ring (bicyclic) bond motifs is 1. The van der Waals surface area contributed by atoms with E-state index < -0.39 is 0 Å². The molecule has 2 aromatic rings. The van der Waals surface area contributed by atoms with Crippen LogP contribution in [-0.4, -0.2) is 25.5 Å². The molecule has 1 N–H and O–H groups in total. The van der Waals surface area contributed by atoms with Gasteiger partial charge in [-0.15, -0.1) is 0 Å². The molecule has 114 valence electrons. The Hall–Kier alpha value is -2.36. The SMILES string of the molecule is COC(=O)CCNC(=O)[C@H]1C[C@@H]1c1cccc2ccccc12. The molecule has 4 heteroatoms. The van der Waals surface area contributed by atoms with Crippen LogP contribution in [0.1, 0.15) is 24.3 Å². The van der Waals surface area contributed by atoms with Crippen molar-refractivity contribution in [2.75, 3.05) is 13.7 Å². The van der Waals surface area contributed by atoms with Gasteiger partial charge in [0.15, 0.2) is 0 Å². The van der Waals surface area contributed by atoms with Crippen LogP contribution in [0, 0.1) is 5.92 Å². The maximum absolute atomic E-state index is 12.1. The molecular weight excluding hydrogens is 278 g/mol. The fourth-order valence-electron chi connectivity index (χ4n) is 2.92. The van der Waals surface area contributed by atoms with Gasteiger partial charge in [-0.25, -0.2) is 0 Å². The Morgan fingerprint density at radius 1 is 1.18 bits per heavy atom. The van der Waals surface area contributed by atoms with Gasteiger partial charge in [-0.2, -0.15) is 0 Å². The maximum atomic E-state index is 12.1. The minimum atomic E-state index is -0.304.